The largest absolute Gasteiger partial charge is 0.496 e. The van der Waals surface area contributed by atoms with Crippen molar-refractivity contribution in [1.82, 2.24) is 10.3 Å². The lowest BCUT2D eigenvalue weighted by atomic mass is 10.1. The van der Waals surface area contributed by atoms with E-state index in [0.29, 0.717) is 24.9 Å². The van der Waals surface area contributed by atoms with E-state index in [1.54, 1.807) is 13.2 Å². The molecule has 1 heterocycles. The number of nitrogens with zero attached hydrogens (tertiary/aromatic N) is 1. The van der Waals surface area contributed by atoms with E-state index < -0.39 is 0 Å². The third kappa shape index (κ3) is 9.54. The van der Waals surface area contributed by atoms with Gasteiger partial charge in [0.1, 0.15) is 5.75 Å². The zero-order chi connectivity index (χ0) is 23.2. The predicted molar refractivity (Wildman–Crippen MR) is 132 cm³/mol. The molecule has 0 unspecified atom stereocenters. The van der Waals surface area contributed by atoms with Crippen LogP contribution in [0.15, 0.2) is 54.1 Å². The van der Waals surface area contributed by atoms with E-state index in [4.69, 9.17) is 9.47 Å². The first-order valence-electron chi connectivity index (χ1n) is 11.7. The summed E-state index contributed by atoms with van der Waals surface area (Å²) in [7, 11) is 1.67. The summed E-state index contributed by atoms with van der Waals surface area (Å²) in [6.45, 7) is 7.51. The van der Waals surface area contributed by atoms with Gasteiger partial charge in [0, 0.05) is 24.1 Å². The maximum atomic E-state index is 11.8. The standard InChI is InChI=1S/C27H38N2O3/c1-21(2)20-28-26(30)18-22(3)14-10-8-6-5-7-9-13-17-32-27-19-25(31-4)23-15-11-12-16-24(23)29-27/h10-12,14-16,18-19,21H,5-9,13,17,20H2,1-4H3,(H,28,30). The van der Waals surface area contributed by atoms with E-state index in [1.165, 1.54) is 12.8 Å². The number of benzene rings is 1. The van der Waals surface area contributed by atoms with Gasteiger partial charge in [-0.05, 0) is 49.8 Å². The smallest absolute Gasteiger partial charge is 0.244 e. The van der Waals surface area contributed by atoms with Crippen molar-refractivity contribution in [1.29, 1.82) is 0 Å². The molecule has 0 saturated heterocycles. The third-order valence-electron chi connectivity index (χ3n) is 5.06. The van der Waals surface area contributed by atoms with Gasteiger partial charge in [-0.1, -0.05) is 57.4 Å². The Hall–Kier alpha value is -2.82. The molecule has 0 bridgehead atoms. The molecule has 1 aromatic heterocycles. The number of ether oxygens (including phenoxy) is 2. The normalized spacial score (nSPS) is 12.0. The second kappa shape index (κ2) is 14.3. The Kier molecular flexibility index (Phi) is 11.4. The number of pyridine rings is 1. The second-order valence-corrected chi connectivity index (χ2v) is 8.51. The number of hydrogen-bond acceptors (Lipinski definition) is 4. The molecule has 1 N–H and O–H groups in total. The van der Waals surface area contributed by atoms with Gasteiger partial charge >= 0.3 is 0 Å². The quantitative estimate of drug-likeness (QED) is 0.215. The van der Waals surface area contributed by atoms with Crippen molar-refractivity contribution in [3.05, 3.63) is 54.1 Å². The van der Waals surface area contributed by atoms with E-state index in [1.807, 2.05) is 43.3 Å². The van der Waals surface area contributed by atoms with Crippen molar-refractivity contribution in [3.63, 3.8) is 0 Å². The van der Waals surface area contributed by atoms with Crippen LogP contribution < -0.4 is 14.8 Å². The maximum Gasteiger partial charge on any atom is 0.244 e. The van der Waals surface area contributed by atoms with Crippen LogP contribution in [0, 0.1) is 5.92 Å². The Morgan fingerprint density at radius 3 is 2.66 bits per heavy atom. The minimum Gasteiger partial charge on any atom is -0.496 e. The summed E-state index contributed by atoms with van der Waals surface area (Å²) in [4.78, 5) is 16.3. The number of allylic oxidation sites excluding steroid dienone is 3. The highest BCUT2D eigenvalue weighted by molar-refractivity contribution is 5.88. The summed E-state index contributed by atoms with van der Waals surface area (Å²) < 4.78 is 11.3. The predicted octanol–water partition coefficient (Wildman–Crippen LogP) is 6.24. The van der Waals surface area contributed by atoms with Crippen LogP contribution in [-0.2, 0) is 4.79 Å². The summed E-state index contributed by atoms with van der Waals surface area (Å²) in [5.74, 6) is 1.86. The first-order valence-corrected chi connectivity index (χ1v) is 11.7. The van der Waals surface area contributed by atoms with E-state index in [2.05, 4.69) is 30.2 Å². The van der Waals surface area contributed by atoms with Gasteiger partial charge < -0.3 is 14.8 Å². The zero-order valence-electron chi connectivity index (χ0n) is 20.0. The van der Waals surface area contributed by atoms with Gasteiger partial charge in [-0.15, -0.1) is 0 Å². The molecule has 0 radical (unpaired) electrons. The van der Waals surface area contributed by atoms with Gasteiger partial charge in [-0.2, -0.15) is 0 Å². The van der Waals surface area contributed by atoms with Crippen LogP contribution in [-0.4, -0.2) is 31.2 Å². The molecule has 1 amide bonds. The van der Waals surface area contributed by atoms with Crippen LogP contribution in [0.2, 0.25) is 0 Å². The molecule has 0 aliphatic heterocycles. The molecule has 0 saturated carbocycles. The van der Waals surface area contributed by atoms with Gasteiger partial charge in [-0.3, -0.25) is 4.79 Å². The molecular weight excluding hydrogens is 400 g/mol. The van der Waals surface area contributed by atoms with Crippen LogP contribution >= 0.6 is 0 Å². The molecule has 2 aromatic rings. The van der Waals surface area contributed by atoms with Gasteiger partial charge in [0.25, 0.3) is 0 Å². The lowest BCUT2D eigenvalue weighted by molar-refractivity contribution is -0.116. The van der Waals surface area contributed by atoms with Gasteiger partial charge in [0.05, 0.1) is 19.2 Å². The molecule has 1 aromatic carbocycles. The first kappa shape index (κ1) is 25.4. The molecular formula is C27H38N2O3. The summed E-state index contributed by atoms with van der Waals surface area (Å²) >= 11 is 0. The molecule has 174 valence electrons. The molecule has 5 nitrogen and oxygen atoms in total. The van der Waals surface area contributed by atoms with Crippen LogP contribution in [0.5, 0.6) is 11.6 Å². The number of aromatic nitrogens is 1. The van der Waals surface area contributed by atoms with Crippen molar-refractivity contribution in [2.24, 2.45) is 5.92 Å². The number of nitrogens with one attached hydrogen (secondary N) is 1. The fourth-order valence-corrected chi connectivity index (χ4v) is 3.31. The van der Waals surface area contributed by atoms with Crippen molar-refractivity contribution < 1.29 is 14.3 Å². The number of carbonyl (C=O) groups is 1. The van der Waals surface area contributed by atoms with Crippen molar-refractivity contribution >= 4 is 16.8 Å². The Morgan fingerprint density at radius 1 is 1.12 bits per heavy atom. The SMILES string of the molecule is COc1cc(OCCCCCCCC=CC(C)=CC(=O)NCC(C)C)nc2ccccc12. The van der Waals surface area contributed by atoms with Crippen LogP contribution in [0.25, 0.3) is 10.9 Å². The number of para-hydroxylation sites is 1. The van der Waals surface area contributed by atoms with Gasteiger partial charge in [-0.25, -0.2) is 4.98 Å². The Labute approximate surface area is 192 Å². The zero-order valence-corrected chi connectivity index (χ0v) is 20.0. The van der Waals surface area contributed by atoms with E-state index in [-0.39, 0.29) is 5.91 Å². The minimum atomic E-state index is -0.0135. The van der Waals surface area contributed by atoms with Gasteiger partial charge in [0.2, 0.25) is 11.8 Å². The maximum absolute atomic E-state index is 11.8. The number of hydrogen-bond donors (Lipinski definition) is 1. The molecule has 2 rings (SSSR count). The highest BCUT2D eigenvalue weighted by Crippen LogP contribution is 2.28. The second-order valence-electron chi connectivity index (χ2n) is 8.51. The number of methoxy groups -OCH3 is 1. The van der Waals surface area contributed by atoms with Crippen molar-refractivity contribution in [2.45, 2.75) is 59.3 Å². The lowest BCUT2D eigenvalue weighted by Gasteiger charge is -2.09. The van der Waals surface area contributed by atoms with Crippen molar-refractivity contribution in [2.75, 3.05) is 20.3 Å². The first-order chi connectivity index (χ1) is 15.5. The fourth-order valence-electron chi connectivity index (χ4n) is 3.31. The van der Waals surface area contributed by atoms with Crippen LogP contribution in [0.1, 0.15) is 59.3 Å². The molecule has 0 spiro atoms. The summed E-state index contributed by atoms with van der Waals surface area (Å²) in [6, 6.07) is 9.78. The minimum absolute atomic E-state index is 0.0135. The van der Waals surface area contributed by atoms with Crippen LogP contribution in [0.4, 0.5) is 0 Å². The molecule has 5 heteroatoms. The summed E-state index contributed by atoms with van der Waals surface area (Å²) in [5, 5.41) is 3.90. The highest BCUT2D eigenvalue weighted by Gasteiger charge is 2.06. The number of carbonyl (C=O) groups excluding carboxylic acids is 1. The number of rotatable bonds is 14. The lowest BCUT2D eigenvalue weighted by Crippen LogP contribution is -2.25. The average Bonchev–Trinajstić information content (AvgIpc) is 2.78. The van der Waals surface area contributed by atoms with Crippen molar-refractivity contribution in [3.8, 4) is 11.6 Å². The molecule has 0 atom stereocenters. The fraction of sp³-hybridized carbons (Fsp3) is 0.481. The molecule has 0 aliphatic carbocycles. The number of unbranched alkanes of at least 4 members (excludes halogenated alkanes) is 5. The molecule has 0 fully saturated rings. The number of fused-ring (bicyclic) bond motifs is 1. The Bertz CT molecular complexity index is 903. The number of amides is 1. The highest BCUT2D eigenvalue weighted by atomic mass is 16.5. The summed E-state index contributed by atoms with van der Waals surface area (Å²) in [6.07, 6.45) is 12.6. The Balaban J connectivity index is 1.57. The molecule has 32 heavy (non-hydrogen) atoms. The van der Waals surface area contributed by atoms with E-state index in [9.17, 15) is 4.79 Å². The summed E-state index contributed by atoms with van der Waals surface area (Å²) in [5.41, 5.74) is 1.87. The Morgan fingerprint density at radius 2 is 1.88 bits per heavy atom. The van der Waals surface area contributed by atoms with E-state index >= 15 is 0 Å². The van der Waals surface area contributed by atoms with E-state index in [0.717, 1.165) is 47.9 Å². The molecule has 0 aliphatic rings. The van der Waals surface area contributed by atoms with Crippen LogP contribution in [0.3, 0.4) is 0 Å². The third-order valence-corrected chi connectivity index (χ3v) is 5.06. The topological polar surface area (TPSA) is 60.5 Å². The van der Waals surface area contributed by atoms with Gasteiger partial charge in [0.15, 0.2) is 0 Å². The monoisotopic (exact) mass is 438 g/mol. The average molecular weight is 439 g/mol.